The molecule has 21 heavy (non-hydrogen) atoms. The van der Waals surface area contributed by atoms with Gasteiger partial charge in [0, 0.05) is 13.7 Å². The summed E-state index contributed by atoms with van der Waals surface area (Å²) in [5.41, 5.74) is -0.447. The topological polar surface area (TPSA) is 72.8 Å². The molecule has 5 heteroatoms. The maximum Gasteiger partial charge on any atom is 0.328 e. The minimum absolute atomic E-state index is 0.139. The molecule has 116 valence electrons. The number of aryl methyl sites for hydroxylation is 1. The first-order valence-corrected chi connectivity index (χ1v) is 6.96. The van der Waals surface area contributed by atoms with Crippen molar-refractivity contribution in [3.05, 3.63) is 35.4 Å². The van der Waals surface area contributed by atoms with Gasteiger partial charge in [-0.3, -0.25) is 9.59 Å². The second-order valence-electron chi connectivity index (χ2n) is 4.84. The lowest BCUT2D eigenvalue weighted by molar-refractivity contribution is -0.162. The Morgan fingerprint density at radius 3 is 2.48 bits per heavy atom. The number of rotatable bonds is 8. The normalized spacial score (nSPS) is 13.5. The molecule has 0 aliphatic heterocycles. The second kappa shape index (κ2) is 7.78. The number of carboxylic acids is 1. The van der Waals surface area contributed by atoms with E-state index < -0.39 is 17.4 Å². The molecule has 1 N–H and O–H groups in total. The Labute approximate surface area is 124 Å². The summed E-state index contributed by atoms with van der Waals surface area (Å²) in [5, 5.41) is 9.76. The van der Waals surface area contributed by atoms with Gasteiger partial charge in [-0.1, -0.05) is 24.3 Å². The molecule has 0 aliphatic carbocycles. The molecule has 0 fully saturated rings. The highest BCUT2D eigenvalue weighted by Crippen LogP contribution is 2.34. The van der Waals surface area contributed by atoms with Crippen molar-refractivity contribution >= 4 is 11.9 Å². The molecule has 1 aromatic carbocycles. The van der Waals surface area contributed by atoms with Crippen molar-refractivity contribution < 1.29 is 24.2 Å². The summed E-state index contributed by atoms with van der Waals surface area (Å²) in [6.07, 6.45) is 0.593. The molecule has 0 bridgehead atoms. The highest BCUT2D eigenvalue weighted by atomic mass is 16.5. The van der Waals surface area contributed by atoms with Gasteiger partial charge in [-0.15, -0.1) is 0 Å². The number of hydrogen-bond acceptors (Lipinski definition) is 4. The number of ether oxygens (including phenoxy) is 2. The highest BCUT2D eigenvalue weighted by molar-refractivity contribution is 6.05. The highest BCUT2D eigenvalue weighted by Gasteiger charge is 2.49. The van der Waals surface area contributed by atoms with E-state index in [1.54, 1.807) is 39.2 Å². The molecule has 0 saturated carbocycles. The van der Waals surface area contributed by atoms with Crippen molar-refractivity contribution in [2.75, 3.05) is 20.3 Å². The van der Waals surface area contributed by atoms with E-state index in [1.807, 2.05) is 6.07 Å². The van der Waals surface area contributed by atoms with Crippen LogP contribution < -0.4 is 0 Å². The fourth-order valence-electron chi connectivity index (χ4n) is 2.44. The van der Waals surface area contributed by atoms with Crippen LogP contribution in [0.1, 0.15) is 30.9 Å². The number of benzene rings is 1. The van der Waals surface area contributed by atoms with Crippen LogP contribution in [-0.4, -0.2) is 37.4 Å². The predicted molar refractivity (Wildman–Crippen MR) is 78.2 cm³/mol. The van der Waals surface area contributed by atoms with E-state index in [0.29, 0.717) is 18.6 Å². The fourth-order valence-corrected chi connectivity index (χ4v) is 2.44. The third kappa shape index (κ3) is 3.61. The summed E-state index contributed by atoms with van der Waals surface area (Å²) in [5.74, 6) is -1.91. The van der Waals surface area contributed by atoms with Crippen LogP contribution in [0.15, 0.2) is 24.3 Å². The number of carbonyl (C=O) groups excluding carboxylic acids is 1. The van der Waals surface area contributed by atoms with Gasteiger partial charge in [-0.25, -0.2) is 0 Å². The summed E-state index contributed by atoms with van der Waals surface area (Å²) < 4.78 is 10.0. The van der Waals surface area contributed by atoms with Crippen LogP contribution >= 0.6 is 0 Å². The second-order valence-corrected chi connectivity index (χ2v) is 4.84. The average molecular weight is 294 g/mol. The van der Waals surface area contributed by atoms with Crippen molar-refractivity contribution in [3.63, 3.8) is 0 Å². The van der Waals surface area contributed by atoms with Gasteiger partial charge in [0.05, 0.1) is 6.61 Å². The molecule has 0 saturated heterocycles. The maximum absolute atomic E-state index is 12.4. The van der Waals surface area contributed by atoms with Crippen molar-refractivity contribution in [2.45, 2.75) is 32.1 Å². The zero-order chi connectivity index (χ0) is 15.9. The summed E-state index contributed by atoms with van der Waals surface area (Å²) in [6.45, 7) is 3.99. The third-order valence-electron chi connectivity index (χ3n) is 3.49. The van der Waals surface area contributed by atoms with E-state index in [2.05, 4.69) is 0 Å². The van der Waals surface area contributed by atoms with Crippen LogP contribution in [0.4, 0.5) is 0 Å². The van der Waals surface area contributed by atoms with Crippen LogP contribution in [0, 0.1) is 6.92 Å². The molecule has 0 spiro atoms. The Morgan fingerprint density at radius 1 is 1.29 bits per heavy atom. The monoisotopic (exact) mass is 294 g/mol. The quantitative estimate of drug-likeness (QED) is 0.452. The van der Waals surface area contributed by atoms with Crippen LogP contribution in [0.25, 0.3) is 0 Å². The van der Waals surface area contributed by atoms with Gasteiger partial charge >= 0.3 is 11.9 Å². The number of carboxylic acid groups (broad SMARTS) is 1. The van der Waals surface area contributed by atoms with Gasteiger partial charge < -0.3 is 14.6 Å². The molecule has 1 rings (SSSR count). The molecule has 1 aromatic rings. The third-order valence-corrected chi connectivity index (χ3v) is 3.49. The zero-order valence-electron chi connectivity index (χ0n) is 12.7. The van der Waals surface area contributed by atoms with Gasteiger partial charge in [0.25, 0.3) is 0 Å². The molecule has 0 radical (unpaired) electrons. The van der Waals surface area contributed by atoms with E-state index in [-0.39, 0.29) is 13.0 Å². The summed E-state index contributed by atoms with van der Waals surface area (Å²) in [6, 6.07) is 7.01. The number of methoxy groups -OCH3 is 1. The van der Waals surface area contributed by atoms with Crippen molar-refractivity contribution in [2.24, 2.45) is 0 Å². The molecule has 0 aromatic heterocycles. The van der Waals surface area contributed by atoms with Crippen LogP contribution in [0.5, 0.6) is 0 Å². The average Bonchev–Trinajstić information content (AvgIpc) is 2.44. The molecule has 0 amide bonds. The molecule has 1 atom stereocenters. The minimum atomic E-state index is -1.68. The van der Waals surface area contributed by atoms with Gasteiger partial charge in [0.2, 0.25) is 0 Å². The van der Waals surface area contributed by atoms with E-state index in [9.17, 15) is 14.7 Å². The molecule has 5 nitrogen and oxygen atoms in total. The SMILES string of the molecule is CCOC(=O)C(CCCOC)(C(=O)O)c1ccccc1C. The molecular formula is C16H22O5. The van der Waals surface area contributed by atoms with E-state index in [0.717, 1.165) is 5.56 Å². The first kappa shape index (κ1) is 17.2. The minimum Gasteiger partial charge on any atom is -0.480 e. The Balaban J connectivity index is 3.33. The first-order chi connectivity index (χ1) is 10.0. The van der Waals surface area contributed by atoms with Crippen LogP contribution in [-0.2, 0) is 24.5 Å². The number of aliphatic carboxylic acids is 1. The Bertz CT molecular complexity index is 497. The fraction of sp³-hybridized carbons (Fsp3) is 0.500. The Kier molecular flexibility index (Phi) is 6.37. The summed E-state index contributed by atoms with van der Waals surface area (Å²) in [4.78, 5) is 24.4. The zero-order valence-corrected chi connectivity index (χ0v) is 12.7. The van der Waals surface area contributed by atoms with E-state index >= 15 is 0 Å². The number of hydrogen-bond donors (Lipinski definition) is 1. The predicted octanol–water partition coefficient (Wildman–Crippen LogP) is 2.31. The van der Waals surface area contributed by atoms with E-state index in [1.165, 1.54) is 0 Å². The molecular weight excluding hydrogens is 272 g/mol. The van der Waals surface area contributed by atoms with Crippen molar-refractivity contribution in [1.82, 2.24) is 0 Å². The smallest absolute Gasteiger partial charge is 0.328 e. The van der Waals surface area contributed by atoms with Gasteiger partial charge in [0.15, 0.2) is 5.41 Å². The van der Waals surface area contributed by atoms with Gasteiger partial charge in [-0.2, -0.15) is 0 Å². The molecule has 0 heterocycles. The van der Waals surface area contributed by atoms with Crippen molar-refractivity contribution in [1.29, 1.82) is 0 Å². The van der Waals surface area contributed by atoms with Crippen LogP contribution in [0.3, 0.4) is 0 Å². The van der Waals surface area contributed by atoms with Crippen molar-refractivity contribution in [3.8, 4) is 0 Å². The number of esters is 1. The molecule has 0 aliphatic rings. The summed E-state index contributed by atoms with van der Waals surface area (Å²) in [7, 11) is 1.54. The Morgan fingerprint density at radius 2 is 1.95 bits per heavy atom. The standard InChI is InChI=1S/C16H22O5/c1-4-21-15(19)16(14(17)18,10-7-11-20-3)13-9-6-5-8-12(13)2/h5-6,8-9H,4,7,10-11H2,1-3H3,(H,17,18). The molecule has 1 unspecified atom stereocenters. The van der Waals surface area contributed by atoms with E-state index in [4.69, 9.17) is 9.47 Å². The maximum atomic E-state index is 12.4. The van der Waals surface area contributed by atoms with Gasteiger partial charge in [-0.05, 0) is 37.8 Å². The number of carbonyl (C=O) groups is 2. The Hall–Kier alpha value is -1.88. The van der Waals surface area contributed by atoms with Crippen LogP contribution in [0.2, 0.25) is 0 Å². The summed E-state index contributed by atoms with van der Waals surface area (Å²) >= 11 is 0. The lowest BCUT2D eigenvalue weighted by atomic mass is 9.75. The lowest BCUT2D eigenvalue weighted by Crippen LogP contribution is -2.45. The lowest BCUT2D eigenvalue weighted by Gasteiger charge is -2.29. The van der Waals surface area contributed by atoms with Gasteiger partial charge in [0.1, 0.15) is 0 Å². The largest absolute Gasteiger partial charge is 0.480 e. The first-order valence-electron chi connectivity index (χ1n) is 6.96.